The molecule has 1 aromatic carbocycles. The van der Waals surface area contributed by atoms with Crippen LogP contribution >= 0.6 is 0 Å². The molecule has 0 spiro atoms. The van der Waals surface area contributed by atoms with Gasteiger partial charge in [-0.25, -0.2) is 4.79 Å². The minimum atomic E-state index is -0.305. The van der Waals surface area contributed by atoms with Gasteiger partial charge >= 0.3 is 6.09 Å². The maximum absolute atomic E-state index is 12.5. The number of fused-ring (bicyclic) bond motifs is 2. The zero-order valence-corrected chi connectivity index (χ0v) is 12.4. The zero-order valence-electron chi connectivity index (χ0n) is 12.4. The summed E-state index contributed by atoms with van der Waals surface area (Å²) in [5.74, 6) is 0.129. The number of hydrogen-bond acceptors (Lipinski definition) is 3. The fraction of sp³-hybridized carbons (Fsp3) is 0.529. The van der Waals surface area contributed by atoms with Crippen LogP contribution in [0.2, 0.25) is 0 Å². The van der Waals surface area contributed by atoms with Gasteiger partial charge in [0.15, 0.2) is 5.78 Å². The lowest BCUT2D eigenvalue weighted by molar-refractivity contribution is 0.0896. The molecule has 21 heavy (non-hydrogen) atoms. The van der Waals surface area contributed by atoms with Crippen molar-refractivity contribution in [1.29, 1.82) is 0 Å². The topological polar surface area (TPSA) is 46.6 Å². The maximum atomic E-state index is 12.5. The molecular weight excluding hydrogens is 266 g/mol. The van der Waals surface area contributed by atoms with Crippen LogP contribution in [0.1, 0.15) is 49.4 Å². The van der Waals surface area contributed by atoms with Crippen LogP contribution in [0, 0.1) is 5.92 Å². The van der Waals surface area contributed by atoms with Crippen molar-refractivity contribution in [2.75, 3.05) is 11.5 Å². The van der Waals surface area contributed by atoms with E-state index in [2.05, 4.69) is 6.92 Å². The quantitative estimate of drug-likeness (QED) is 0.794. The number of hydrogen-bond donors (Lipinski definition) is 0. The van der Waals surface area contributed by atoms with Crippen molar-refractivity contribution < 1.29 is 14.3 Å². The van der Waals surface area contributed by atoms with Gasteiger partial charge in [-0.3, -0.25) is 9.69 Å². The predicted molar refractivity (Wildman–Crippen MR) is 80.6 cm³/mol. The molecule has 0 bridgehead atoms. The van der Waals surface area contributed by atoms with Crippen molar-refractivity contribution in [1.82, 2.24) is 0 Å². The van der Waals surface area contributed by atoms with E-state index in [9.17, 15) is 9.59 Å². The normalized spacial score (nSPS) is 23.7. The second-order valence-electron chi connectivity index (χ2n) is 5.82. The summed E-state index contributed by atoms with van der Waals surface area (Å²) in [7, 11) is 0. The molecule has 4 nitrogen and oxygen atoms in total. The third kappa shape index (κ3) is 2.43. The Bertz CT molecular complexity index is 555. The van der Waals surface area contributed by atoms with E-state index in [0.29, 0.717) is 17.9 Å². The summed E-state index contributed by atoms with van der Waals surface area (Å²) in [4.78, 5) is 26.8. The van der Waals surface area contributed by atoms with E-state index in [0.717, 1.165) is 32.1 Å². The number of para-hydroxylation sites is 1. The molecule has 0 saturated heterocycles. The molecule has 0 N–H and O–H groups in total. The van der Waals surface area contributed by atoms with Crippen LogP contribution in [0.15, 0.2) is 24.3 Å². The number of nitrogens with zero attached hydrogens (tertiary/aromatic N) is 1. The zero-order chi connectivity index (χ0) is 14.8. The Morgan fingerprint density at radius 1 is 1.33 bits per heavy atom. The number of unbranched alkanes of at least 4 members (excludes halogenated alkanes) is 1. The Morgan fingerprint density at radius 2 is 2.14 bits per heavy atom. The number of benzene rings is 1. The molecule has 0 aromatic heterocycles. The fourth-order valence-corrected chi connectivity index (χ4v) is 3.43. The molecule has 1 aliphatic heterocycles. The van der Waals surface area contributed by atoms with Gasteiger partial charge in [-0.1, -0.05) is 31.9 Å². The highest BCUT2D eigenvalue weighted by Gasteiger charge is 2.45. The first kappa shape index (κ1) is 14.1. The van der Waals surface area contributed by atoms with E-state index in [1.54, 1.807) is 4.90 Å². The van der Waals surface area contributed by atoms with Crippen LogP contribution in [0.4, 0.5) is 10.5 Å². The Morgan fingerprint density at radius 3 is 2.95 bits per heavy atom. The van der Waals surface area contributed by atoms with Crippen LogP contribution in [0.25, 0.3) is 0 Å². The van der Waals surface area contributed by atoms with Gasteiger partial charge in [0.2, 0.25) is 0 Å². The maximum Gasteiger partial charge on any atom is 0.414 e. The lowest BCUT2D eigenvalue weighted by Crippen LogP contribution is -2.49. The average molecular weight is 287 g/mol. The molecule has 0 radical (unpaired) electrons. The first-order valence-electron chi connectivity index (χ1n) is 7.83. The Hall–Kier alpha value is -1.84. The molecule has 1 saturated carbocycles. The second kappa shape index (κ2) is 5.88. The highest BCUT2D eigenvalue weighted by molar-refractivity contribution is 6.09. The van der Waals surface area contributed by atoms with Gasteiger partial charge in [0, 0.05) is 11.5 Å². The monoisotopic (exact) mass is 287 g/mol. The van der Waals surface area contributed by atoms with Gasteiger partial charge < -0.3 is 4.74 Å². The van der Waals surface area contributed by atoms with Crippen molar-refractivity contribution in [3.05, 3.63) is 29.8 Å². The number of amides is 1. The minimum Gasteiger partial charge on any atom is -0.449 e. The predicted octanol–water partition coefficient (Wildman–Crippen LogP) is 3.79. The molecule has 2 unspecified atom stereocenters. The van der Waals surface area contributed by atoms with Crippen molar-refractivity contribution in [3.8, 4) is 0 Å². The summed E-state index contributed by atoms with van der Waals surface area (Å²) >= 11 is 0. The second-order valence-corrected chi connectivity index (χ2v) is 5.82. The molecule has 112 valence electrons. The van der Waals surface area contributed by atoms with Gasteiger partial charge in [0.25, 0.3) is 0 Å². The van der Waals surface area contributed by atoms with Crippen molar-refractivity contribution >= 4 is 17.6 Å². The van der Waals surface area contributed by atoms with Crippen molar-refractivity contribution in [3.63, 3.8) is 0 Å². The number of ether oxygens (including phenoxy) is 1. The van der Waals surface area contributed by atoms with Crippen molar-refractivity contribution in [2.24, 2.45) is 5.92 Å². The number of carbonyl (C=O) groups excluding carboxylic acids is 2. The van der Waals surface area contributed by atoms with Crippen LogP contribution in [0.5, 0.6) is 0 Å². The van der Waals surface area contributed by atoms with Crippen LogP contribution in [0.3, 0.4) is 0 Å². The molecule has 4 heteroatoms. The van der Waals surface area contributed by atoms with E-state index >= 15 is 0 Å². The molecule has 1 aliphatic carbocycles. The van der Waals surface area contributed by atoms with E-state index in [-0.39, 0.29) is 23.8 Å². The Kier molecular flexibility index (Phi) is 3.95. The number of carbonyl (C=O) groups is 2. The summed E-state index contributed by atoms with van der Waals surface area (Å²) in [6.45, 7) is 2.51. The largest absolute Gasteiger partial charge is 0.449 e. The third-order valence-electron chi connectivity index (χ3n) is 4.50. The summed E-state index contributed by atoms with van der Waals surface area (Å²) in [5, 5.41) is 0. The molecule has 1 fully saturated rings. The van der Waals surface area contributed by atoms with E-state index in [4.69, 9.17) is 4.74 Å². The average Bonchev–Trinajstić information content (AvgIpc) is 2.97. The number of ketones is 1. The number of anilines is 1. The fourth-order valence-electron chi connectivity index (χ4n) is 3.43. The minimum absolute atomic E-state index is 0.0264. The van der Waals surface area contributed by atoms with Gasteiger partial charge in [-0.15, -0.1) is 0 Å². The highest BCUT2D eigenvalue weighted by Crippen LogP contribution is 2.42. The standard InChI is InChI=1S/C17H21NO3/c1-2-3-11-21-17(20)18-14-9-5-4-7-12(14)16(19)13-8-6-10-15(13)18/h4-5,7,9,13,15H,2-3,6,8,10-11H2,1H3. The van der Waals surface area contributed by atoms with Crippen LogP contribution < -0.4 is 4.90 Å². The lowest BCUT2D eigenvalue weighted by atomic mass is 9.86. The third-order valence-corrected chi connectivity index (χ3v) is 4.50. The summed E-state index contributed by atoms with van der Waals surface area (Å²) < 4.78 is 5.40. The van der Waals surface area contributed by atoms with Crippen molar-refractivity contribution in [2.45, 2.75) is 45.1 Å². The van der Waals surface area contributed by atoms with Gasteiger partial charge in [0.05, 0.1) is 18.3 Å². The van der Waals surface area contributed by atoms with Gasteiger partial charge in [-0.2, -0.15) is 0 Å². The lowest BCUT2D eigenvalue weighted by Gasteiger charge is -2.37. The number of rotatable bonds is 3. The molecule has 2 aliphatic rings. The van der Waals surface area contributed by atoms with E-state index in [1.165, 1.54) is 0 Å². The summed E-state index contributed by atoms with van der Waals surface area (Å²) in [5.41, 5.74) is 1.38. The SMILES string of the molecule is CCCCOC(=O)N1c2ccccc2C(=O)C2CCCC21. The summed E-state index contributed by atoms with van der Waals surface area (Å²) in [6.07, 6.45) is 4.31. The highest BCUT2D eigenvalue weighted by atomic mass is 16.6. The van der Waals surface area contributed by atoms with E-state index in [1.807, 2.05) is 24.3 Å². The molecule has 1 heterocycles. The first-order chi connectivity index (χ1) is 10.2. The van der Waals surface area contributed by atoms with Gasteiger partial charge in [-0.05, 0) is 31.4 Å². The van der Waals surface area contributed by atoms with Crippen LogP contribution in [-0.4, -0.2) is 24.5 Å². The summed E-state index contributed by atoms with van der Waals surface area (Å²) in [6, 6.07) is 7.36. The molecule has 2 atom stereocenters. The molecular formula is C17H21NO3. The van der Waals surface area contributed by atoms with Gasteiger partial charge in [0.1, 0.15) is 0 Å². The smallest absolute Gasteiger partial charge is 0.414 e. The Labute approximate surface area is 125 Å². The Balaban J connectivity index is 1.91. The van der Waals surface area contributed by atoms with Crippen LogP contribution in [-0.2, 0) is 4.74 Å². The number of Topliss-reactive ketones (excluding diaryl/α,β-unsaturated/α-hetero) is 1. The molecule has 1 aromatic rings. The first-order valence-corrected chi connectivity index (χ1v) is 7.83. The van der Waals surface area contributed by atoms with E-state index < -0.39 is 0 Å². The molecule has 3 rings (SSSR count). The molecule has 1 amide bonds.